The number of rotatable bonds is 5. The van der Waals surface area contributed by atoms with Gasteiger partial charge in [0.1, 0.15) is 24.8 Å². The van der Waals surface area contributed by atoms with E-state index in [-0.39, 0.29) is 12.4 Å². The number of carbonyl (C=O) groups is 1. The van der Waals surface area contributed by atoms with Gasteiger partial charge in [-0.1, -0.05) is 6.07 Å². The van der Waals surface area contributed by atoms with Crippen LogP contribution in [0.3, 0.4) is 0 Å². The SMILES string of the molecule is C/C(=N/NC(=O)COc1cccc(F)c1)c1ccc2c(c1)OCCO2. The molecule has 0 saturated heterocycles. The van der Waals surface area contributed by atoms with Crippen molar-refractivity contribution >= 4 is 11.6 Å². The van der Waals surface area contributed by atoms with Crippen LogP contribution in [0.5, 0.6) is 17.2 Å². The van der Waals surface area contributed by atoms with Gasteiger partial charge in [-0.2, -0.15) is 5.10 Å². The van der Waals surface area contributed by atoms with E-state index >= 15 is 0 Å². The molecule has 1 heterocycles. The second-order valence-electron chi connectivity index (χ2n) is 5.34. The van der Waals surface area contributed by atoms with Gasteiger partial charge in [-0.3, -0.25) is 4.79 Å². The Morgan fingerprint density at radius 2 is 2.00 bits per heavy atom. The summed E-state index contributed by atoms with van der Waals surface area (Å²) in [6, 6.07) is 11.0. The van der Waals surface area contributed by atoms with Crippen LogP contribution in [0.4, 0.5) is 4.39 Å². The third-order valence-electron chi connectivity index (χ3n) is 3.47. The Balaban J connectivity index is 1.56. The van der Waals surface area contributed by atoms with E-state index in [0.29, 0.717) is 30.4 Å². The standard InChI is InChI=1S/C18H17FN2O4/c1-12(13-5-6-16-17(9-13)24-8-7-23-16)20-21-18(22)11-25-15-4-2-3-14(19)10-15/h2-6,9-10H,7-8,11H2,1H3,(H,21,22)/b20-12-. The molecule has 7 heteroatoms. The molecule has 0 bridgehead atoms. The molecule has 2 aromatic rings. The van der Waals surface area contributed by atoms with Crippen molar-refractivity contribution in [2.75, 3.05) is 19.8 Å². The summed E-state index contributed by atoms with van der Waals surface area (Å²) in [5, 5.41) is 4.04. The number of nitrogens with one attached hydrogen (secondary N) is 1. The normalized spacial score (nSPS) is 13.3. The van der Waals surface area contributed by atoms with Crippen LogP contribution in [-0.2, 0) is 4.79 Å². The largest absolute Gasteiger partial charge is 0.486 e. The zero-order valence-electron chi connectivity index (χ0n) is 13.6. The summed E-state index contributed by atoms with van der Waals surface area (Å²) < 4.78 is 29.2. The molecule has 1 aliphatic rings. The average molecular weight is 344 g/mol. The first kappa shape index (κ1) is 16.8. The Labute approximate surface area is 144 Å². The van der Waals surface area contributed by atoms with Crippen LogP contribution in [0.2, 0.25) is 0 Å². The average Bonchev–Trinajstić information content (AvgIpc) is 2.64. The van der Waals surface area contributed by atoms with Crippen molar-refractivity contribution in [1.82, 2.24) is 5.43 Å². The van der Waals surface area contributed by atoms with Crippen LogP contribution >= 0.6 is 0 Å². The molecular formula is C18H17FN2O4. The minimum atomic E-state index is -0.443. The van der Waals surface area contributed by atoms with Crippen LogP contribution in [0.1, 0.15) is 12.5 Å². The maximum atomic E-state index is 13.0. The van der Waals surface area contributed by atoms with E-state index < -0.39 is 11.7 Å². The molecule has 0 atom stereocenters. The number of amides is 1. The Bertz CT molecular complexity index is 807. The molecule has 3 rings (SSSR count). The van der Waals surface area contributed by atoms with Gasteiger partial charge in [0.05, 0.1) is 5.71 Å². The minimum Gasteiger partial charge on any atom is -0.486 e. The van der Waals surface area contributed by atoms with Crippen LogP contribution < -0.4 is 19.6 Å². The van der Waals surface area contributed by atoms with Crippen molar-refractivity contribution in [3.8, 4) is 17.2 Å². The molecule has 0 radical (unpaired) electrons. The number of hydrazone groups is 1. The smallest absolute Gasteiger partial charge is 0.277 e. The maximum Gasteiger partial charge on any atom is 0.277 e. The number of benzene rings is 2. The van der Waals surface area contributed by atoms with E-state index in [2.05, 4.69) is 10.5 Å². The lowest BCUT2D eigenvalue weighted by atomic mass is 10.1. The van der Waals surface area contributed by atoms with Crippen molar-refractivity contribution in [2.24, 2.45) is 5.10 Å². The monoisotopic (exact) mass is 344 g/mol. The number of nitrogens with zero attached hydrogens (tertiary/aromatic N) is 1. The number of hydrogen-bond donors (Lipinski definition) is 1. The third kappa shape index (κ3) is 4.47. The summed E-state index contributed by atoms with van der Waals surface area (Å²) in [5.41, 5.74) is 3.81. The summed E-state index contributed by atoms with van der Waals surface area (Å²) in [5.74, 6) is 0.753. The van der Waals surface area contributed by atoms with Crippen molar-refractivity contribution in [2.45, 2.75) is 6.92 Å². The van der Waals surface area contributed by atoms with Gasteiger partial charge in [0.2, 0.25) is 0 Å². The highest BCUT2D eigenvalue weighted by Crippen LogP contribution is 2.30. The zero-order valence-corrected chi connectivity index (χ0v) is 13.6. The lowest BCUT2D eigenvalue weighted by Crippen LogP contribution is -2.25. The minimum absolute atomic E-state index is 0.263. The maximum absolute atomic E-state index is 13.0. The summed E-state index contributed by atoms with van der Waals surface area (Å²) in [7, 11) is 0. The van der Waals surface area contributed by atoms with Gasteiger partial charge >= 0.3 is 0 Å². The molecule has 6 nitrogen and oxygen atoms in total. The summed E-state index contributed by atoms with van der Waals surface area (Å²) in [6.07, 6.45) is 0. The van der Waals surface area contributed by atoms with Crippen molar-refractivity contribution in [1.29, 1.82) is 0 Å². The molecule has 0 spiro atoms. The van der Waals surface area contributed by atoms with Crippen molar-refractivity contribution in [3.05, 3.63) is 53.8 Å². The van der Waals surface area contributed by atoms with Gasteiger partial charge in [-0.05, 0) is 37.3 Å². The quantitative estimate of drug-likeness (QED) is 0.668. The fraction of sp³-hybridized carbons (Fsp3) is 0.222. The molecule has 130 valence electrons. The highest BCUT2D eigenvalue weighted by atomic mass is 19.1. The lowest BCUT2D eigenvalue weighted by molar-refractivity contribution is -0.123. The molecule has 25 heavy (non-hydrogen) atoms. The first-order valence-electron chi connectivity index (χ1n) is 7.73. The molecule has 0 aliphatic carbocycles. The second-order valence-corrected chi connectivity index (χ2v) is 5.34. The Hall–Kier alpha value is -3.09. The molecule has 1 N–H and O–H groups in total. The number of halogens is 1. The molecule has 1 amide bonds. The number of hydrogen-bond acceptors (Lipinski definition) is 5. The lowest BCUT2D eigenvalue weighted by Gasteiger charge is -2.18. The Morgan fingerprint density at radius 3 is 2.80 bits per heavy atom. The summed E-state index contributed by atoms with van der Waals surface area (Å²) in [4.78, 5) is 11.8. The van der Waals surface area contributed by atoms with E-state index in [0.717, 1.165) is 5.56 Å². The van der Waals surface area contributed by atoms with Gasteiger partial charge in [0.15, 0.2) is 18.1 Å². The van der Waals surface area contributed by atoms with E-state index in [1.54, 1.807) is 19.1 Å². The molecular weight excluding hydrogens is 327 g/mol. The number of carbonyl (C=O) groups excluding carboxylic acids is 1. The molecule has 0 saturated carbocycles. The highest BCUT2D eigenvalue weighted by molar-refractivity contribution is 5.99. The van der Waals surface area contributed by atoms with Crippen molar-refractivity contribution < 1.29 is 23.4 Å². The zero-order chi connectivity index (χ0) is 17.6. The Morgan fingerprint density at radius 1 is 1.20 bits per heavy atom. The first-order valence-corrected chi connectivity index (χ1v) is 7.73. The molecule has 0 unspecified atom stereocenters. The van der Waals surface area contributed by atoms with Gasteiger partial charge in [0, 0.05) is 11.6 Å². The van der Waals surface area contributed by atoms with Gasteiger partial charge < -0.3 is 14.2 Å². The first-order chi connectivity index (χ1) is 12.1. The molecule has 2 aromatic carbocycles. The fourth-order valence-corrected chi connectivity index (χ4v) is 2.22. The van der Waals surface area contributed by atoms with E-state index in [9.17, 15) is 9.18 Å². The molecule has 0 aromatic heterocycles. The van der Waals surface area contributed by atoms with Gasteiger partial charge in [-0.25, -0.2) is 9.82 Å². The summed E-state index contributed by atoms with van der Waals surface area (Å²) in [6.45, 7) is 2.53. The topological polar surface area (TPSA) is 69.2 Å². The molecule has 0 fully saturated rings. The van der Waals surface area contributed by atoms with Crippen LogP contribution in [0, 0.1) is 5.82 Å². The van der Waals surface area contributed by atoms with Crippen LogP contribution in [0.15, 0.2) is 47.6 Å². The number of fused-ring (bicyclic) bond motifs is 1. The van der Waals surface area contributed by atoms with E-state index in [4.69, 9.17) is 14.2 Å². The van der Waals surface area contributed by atoms with Gasteiger partial charge in [0.25, 0.3) is 5.91 Å². The molecule has 1 aliphatic heterocycles. The number of ether oxygens (including phenoxy) is 3. The Kier molecular flexibility index (Phi) is 5.13. The van der Waals surface area contributed by atoms with E-state index in [1.807, 2.05) is 12.1 Å². The van der Waals surface area contributed by atoms with Crippen LogP contribution in [0.25, 0.3) is 0 Å². The van der Waals surface area contributed by atoms with Crippen molar-refractivity contribution in [3.63, 3.8) is 0 Å². The second kappa shape index (κ2) is 7.65. The fourth-order valence-electron chi connectivity index (χ4n) is 2.22. The predicted molar refractivity (Wildman–Crippen MR) is 89.7 cm³/mol. The van der Waals surface area contributed by atoms with Crippen LogP contribution in [-0.4, -0.2) is 31.4 Å². The predicted octanol–water partition coefficient (Wildman–Crippen LogP) is 2.52. The third-order valence-corrected chi connectivity index (χ3v) is 3.47. The highest BCUT2D eigenvalue weighted by Gasteiger charge is 2.12. The summed E-state index contributed by atoms with van der Waals surface area (Å²) >= 11 is 0. The van der Waals surface area contributed by atoms with E-state index in [1.165, 1.54) is 18.2 Å². The van der Waals surface area contributed by atoms with Gasteiger partial charge in [-0.15, -0.1) is 0 Å².